The highest BCUT2D eigenvalue weighted by Gasteiger charge is 2.33. The Bertz CT molecular complexity index is 683. The first-order chi connectivity index (χ1) is 13.3. The fraction of sp³-hybridized carbons (Fsp3) is 0.842. The van der Waals surface area contributed by atoms with E-state index < -0.39 is 0 Å². The van der Waals surface area contributed by atoms with Gasteiger partial charge in [0, 0.05) is 12.6 Å². The number of amides is 2. The van der Waals surface area contributed by atoms with E-state index in [1.54, 1.807) is 6.92 Å². The van der Waals surface area contributed by atoms with Gasteiger partial charge in [-0.3, -0.25) is 9.59 Å². The van der Waals surface area contributed by atoms with E-state index >= 15 is 0 Å². The minimum atomic E-state index is -0.113. The van der Waals surface area contributed by atoms with Crippen LogP contribution in [0.15, 0.2) is 0 Å². The number of nitrogens with one attached hydrogen (secondary N) is 2. The number of aryl methyl sites for hydroxylation is 1. The first-order valence-corrected chi connectivity index (χ1v) is 10.3. The summed E-state index contributed by atoms with van der Waals surface area (Å²) in [5, 5.41) is 17.1. The summed E-state index contributed by atoms with van der Waals surface area (Å²) in [6, 6.07) is 0.258. The van der Waals surface area contributed by atoms with E-state index in [2.05, 4.69) is 40.0 Å². The van der Waals surface area contributed by atoms with E-state index in [4.69, 9.17) is 4.74 Å². The van der Waals surface area contributed by atoms with Gasteiger partial charge in [-0.25, -0.2) is 4.68 Å². The van der Waals surface area contributed by atoms with Crippen molar-refractivity contribution in [3.8, 4) is 0 Å². The van der Waals surface area contributed by atoms with Gasteiger partial charge in [-0.15, -0.1) is 5.10 Å². The van der Waals surface area contributed by atoms with Crippen LogP contribution in [0.1, 0.15) is 64.6 Å². The molecular formula is C19H32N6O3. The van der Waals surface area contributed by atoms with Crippen LogP contribution in [0.25, 0.3) is 0 Å². The Labute approximate surface area is 166 Å². The van der Waals surface area contributed by atoms with Crippen molar-refractivity contribution >= 4 is 11.8 Å². The lowest BCUT2D eigenvalue weighted by Gasteiger charge is -2.38. The Morgan fingerprint density at radius 1 is 1.29 bits per heavy atom. The molecule has 1 aliphatic carbocycles. The summed E-state index contributed by atoms with van der Waals surface area (Å²) < 4.78 is 7.48. The molecule has 0 radical (unpaired) electrons. The maximum Gasteiger partial charge on any atom is 0.241 e. The molecule has 1 aromatic rings. The first-order valence-electron chi connectivity index (χ1n) is 10.3. The Morgan fingerprint density at radius 3 is 2.75 bits per heavy atom. The van der Waals surface area contributed by atoms with E-state index in [0.717, 1.165) is 38.5 Å². The summed E-state index contributed by atoms with van der Waals surface area (Å²) in [5.74, 6) is 1.17. The van der Waals surface area contributed by atoms with Crippen molar-refractivity contribution in [2.45, 2.75) is 90.0 Å². The van der Waals surface area contributed by atoms with E-state index in [-0.39, 0.29) is 36.1 Å². The van der Waals surface area contributed by atoms with Crippen molar-refractivity contribution in [3.05, 3.63) is 5.82 Å². The van der Waals surface area contributed by atoms with Crippen molar-refractivity contribution < 1.29 is 14.3 Å². The quantitative estimate of drug-likeness (QED) is 0.686. The van der Waals surface area contributed by atoms with E-state index in [1.165, 1.54) is 4.68 Å². The molecule has 1 aromatic heterocycles. The topological polar surface area (TPSA) is 111 Å². The molecule has 0 bridgehead atoms. The zero-order chi connectivity index (χ0) is 20.1. The van der Waals surface area contributed by atoms with Gasteiger partial charge in [-0.1, -0.05) is 0 Å². The van der Waals surface area contributed by atoms with Crippen LogP contribution in [0.4, 0.5) is 0 Å². The lowest BCUT2D eigenvalue weighted by atomic mass is 9.78. The van der Waals surface area contributed by atoms with Crippen molar-refractivity contribution in [1.29, 1.82) is 0 Å². The molecule has 9 nitrogen and oxygen atoms in total. The Morgan fingerprint density at radius 2 is 2.07 bits per heavy atom. The summed E-state index contributed by atoms with van der Waals surface area (Å²) in [7, 11) is 0. The van der Waals surface area contributed by atoms with Gasteiger partial charge in [-0.2, -0.15) is 0 Å². The van der Waals surface area contributed by atoms with Gasteiger partial charge < -0.3 is 15.4 Å². The van der Waals surface area contributed by atoms with Crippen molar-refractivity contribution in [2.75, 3.05) is 6.54 Å². The third-order valence-electron chi connectivity index (χ3n) is 5.68. The molecule has 0 aromatic carbocycles. The third-order valence-corrected chi connectivity index (χ3v) is 5.68. The number of tetrazole rings is 1. The van der Waals surface area contributed by atoms with Crippen LogP contribution in [0, 0.1) is 12.8 Å². The molecule has 3 rings (SSSR count). The molecular weight excluding hydrogens is 360 g/mol. The molecule has 156 valence electrons. The van der Waals surface area contributed by atoms with E-state index in [1.807, 2.05) is 0 Å². The average Bonchev–Trinajstić information content (AvgIpc) is 2.96. The summed E-state index contributed by atoms with van der Waals surface area (Å²) in [5.41, 5.74) is -0.113. The number of nitrogens with zero attached hydrogens (tertiary/aromatic N) is 4. The lowest BCUT2D eigenvalue weighted by molar-refractivity contribution is -0.136. The number of carbonyl (C=O) groups excluding carboxylic acids is 2. The second-order valence-corrected chi connectivity index (χ2v) is 8.72. The van der Waals surface area contributed by atoms with Crippen LogP contribution >= 0.6 is 0 Å². The SMILES string of the molecule is Cc1nnnn1CC(=O)NCCC1CC(NC(=O)CC2CCCC(C)(C)O2)C1. The number of carbonyl (C=O) groups is 2. The molecule has 1 atom stereocenters. The number of hydrogen-bond acceptors (Lipinski definition) is 6. The molecule has 0 spiro atoms. The molecule has 2 aliphatic rings. The Hall–Kier alpha value is -2.03. The van der Waals surface area contributed by atoms with Gasteiger partial charge in [0.1, 0.15) is 12.4 Å². The van der Waals surface area contributed by atoms with Crippen LogP contribution in [-0.4, -0.2) is 56.3 Å². The van der Waals surface area contributed by atoms with Gasteiger partial charge in [0.15, 0.2) is 0 Å². The van der Waals surface area contributed by atoms with Gasteiger partial charge >= 0.3 is 0 Å². The maximum atomic E-state index is 12.2. The molecule has 1 aliphatic heterocycles. The van der Waals surface area contributed by atoms with Crippen LogP contribution in [0.2, 0.25) is 0 Å². The molecule has 1 unspecified atom stereocenters. The minimum Gasteiger partial charge on any atom is -0.372 e. The summed E-state index contributed by atoms with van der Waals surface area (Å²) in [6.07, 6.45) is 6.52. The summed E-state index contributed by atoms with van der Waals surface area (Å²) >= 11 is 0. The Kier molecular flexibility index (Phi) is 6.64. The molecule has 2 amide bonds. The highest BCUT2D eigenvalue weighted by Crippen LogP contribution is 2.31. The van der Waals surface area contributed by atoms with Gasteiger partial charge in [0.05, 0.1) is 18.1 Å². The maximum absolute atomic E-state index is 12.2. The van der Waals surface area contributed by atoms with Gasteiger partial charge in [0.2, 0.25) is 11.8 Å². The zero-order valence-electron chi connectivity index (χ0n) is 17.1. The predicted octanol–water partition coefficient (Wildman–Crippen LogP) is 1.12. The minimum absolute atomic E-state index is 0.0404. The smallest absolute Gasteiger partial charge is 0.241 e. The van der Waals surface area contributed by atoms with E-state index in [9.17, 15) is 9.59 Å². The standard InChI is InChI=1S/C19H32N6O3/c1-13-22-23-24-25(13)12-18(27)20-8-6-14-9-15(10-14)21-17(26)11-16-5-4-7-19(2,3)28-16/h14-16H,4-12H2,1-3H3,(H,20,27)(H,21,26). The fourth-order valence-electron chi connectivity index (χ4n) is 4.05. The number of hydrogen-bond donors (Lipinski definition) is 2. The fourth-order valence-corrected chi connectivity index (χ4v) is 4.05. The van der Waals surface area contributed by atoms with E-state index in [0.29, 0.717) is 24.7 Å². The molecule has 1 saturated heterocycles. The molecule has 28 heavy (non-hydrogen) atoms. The Balaban J connectivity index is 1.25. The highest BCUT2D eigenvalue weighted by atomic mass is 16.5. The van der Waals surface area contributed by atoms with Gasteiger partial charge in [-0.05, 0) is 75.6 Å². The van der Waals surface area contributed by atoms with Gasteiger partial charge in [0.25, 0.3) is 0 Å². The normalized spacial score (nSPS) is 26.3. The molecule has 2 fully saturated rings. The zero-order valence-corrected chi connectivity index (χ0v) is 17.1. The molecule has 2 heterocycles. The largest absolute Gasteiger partial charge is 0.372 e. The van der Waals surface area contributed by atoms with Crippen LogP contribution in [-0.2, 0) is 20.9 Å². The molecule has 1 saturated carbocycles. The van der Waals surface area contributed by atoms with Crippen molar-refractivity contribution in [1.82, 2.24) is 30.8 Å². The van der Waals surface area contributed by atoms with Crippen LogP contribution in [0.3, 0.4) is 0 Å². The molecule has 9 heteroatoms. The summed E-state index contributed by atoms with van der Waals surface area (Å²) in [4.78, 5) is 24.1. The van der Waals surface area contributed by atoms with Crippen LogP contribution in [0.5, 0.6) is 0 Å². The second kappa shape index (κ2) is 8.98. The number of ether oxygens (including phenoxy) is 1. The average molecular weight is 393 g/mol. The second-order valence-electron chi connectivity index (χ2n) is 8.72. The number of rotatable bonds is 8. The third kappa shape index (κ3) is 5.98. The number of aromatic nitrogens is 4. The van der Waals surface area contributed by atoms with Crippen LogP contribution < -0.4 is 10.6 Å². The van der Waals surface area contributed by atoms with Crippen molar-refractivity contribution in [2.24, 2.45) is 5.92 Å². The highest BCUT2D eigenvalue weighted by molar-refractivity contribution is 5.77. The first kappa shape index (κ1) is 20.7. The summed E-state index contributed by atoms with van der Waals surface area (Å²) in [6.45, 7) is 6.72. The predicted molar refractivity (Wildman–Crippen MR) is 102 cm³/mol. The monoisotopic (exact) mass is 392 g/mol. The lowest BCUT2D eigenvalue weighted by Crippen LogP contribution is -2.46. The van der Waals surface area contributed by atoms with Crippen molar-refractivity contribution in [3.63, 3.8) is 0 Å². The molecule has 2 N–H and O–H groups in total.